The van der Waals surface area contributed by atoms with E-state index in [2.05, 4.69) is 10.6 Å². The summed E-state index contributed by atoms with van der Waals surface area (Å²) < 4.78 is 4.82. The molecule has 0 radical (unpaired) electrons. The van der Waals surface area contributed by atoms with Gasteiger partial charge in [-0.15, -0.1) is 0 Å². The van der Waals surface area contributed by atoms with E-state index in [0.29, 0.717) is 13.2 Å². The van der Waals surface area contributed by atoms with Gasteiger partial charge in [0.1, 0.15) is 0 Å². The number of likely N-dealkylation sites (N-methyl/N-ethyl adjacent to an activating group) is 1. The Balaban J connectivity index is 2.24. The second-order valence-electron chi connectivity index (χ2n) is 4.19. The largest absolute Gasteiger partial charge is 0.383 e. The highest BCUT2D eigenvalue weighted by Crippen LogP contribution is 2.07. The van der Waals surface area contributed by atoms with Gasteiger partial charge in [-0.1, -0.05) is 0 Å². The molecular weight excluding hydrogens is 222 g/mol. The molecule has 0 bridgehead atoms. The summed E-state index contributed by atoms with van der Waals surface area (Å²) in [6, 6.07) is -0.119. The van der Waals surface area contributed by atoms with Crippen molar-refractivity contribution in [2.24, 2.45) is 0 Å². The Morgan fingerprint density at radius 1 is 1.53 bits per heavy atom. The molecule has 2 amide bonds. The summed E-state index contributed by atoms with van der Waals surface area (Å²) in [5.74, 6) is -0.166. The lowest BCUT2D eigenvalue weighted by molar-refractivity contribution is -0.136. The lowest BCUT2D eigenvalue weighted by Crippen LogP contribution is -2.46. The second-order valence-corrected chi connectivity index (χ2v) is 4.19. The molecule has 0 spiro atoms. The molecule has 1 saturated heterocycles. The molecular formula is C11H21N3O3. The van der Waals surface area contributed by atoms with Crippen molar-refractivity contribution in [3.05, 3.63) is 0 Å². The SMILES string of the molecule is COCCNC(=O)CN(C)C(=O)[C@H]1CCCN1. The van der Waals surface area contributed by atoms with Gasteiger partial charge in [0, 0.05) is 20.7 Å². The Morgan fingerprint density at radius 2 is 2.29 bits per heavy atom. The Kier molecular flexibility index (Phi) is 5.93. The third kappa shape index (κ3) is 4.70. The van der Waals surface area contributed by atoms with Crippen LogP contribution in [0.3, 0.4) is 0 Å². The van der Waals surface area contributed by atoms with Crippen LogP contribution in [0.25, 0.3) is 0 Å². The molecule has 0 aromatic rings. The molecule has 6 heteroatoms. The summed E-state index contributed by atoms with van der Waals surface area (Å²) in [7, 11) is 3.23. The third-order valence-corrected chi connectivity index (χ3v) is 2.74. The molecule has 2 N–H and O–H groups in total. The van der Waals surface area contributed by atoms with Crippen LogP contribution in [0.15, 0.2) is 0 Å². The monoisotopic (exact) mass is 243 g/mol. The predicted molar refractivity (Wildman–Crippen MR) is 63.5 cm³/mol. The summed E-state index contributed by atoms with van der Waals surface area (Å²) in [5, 5.41) is 5.80. The summed E-state index contributed by atoms with van der Waals surface area (Å²) in [6.45, 7) is 1.93. The number of carbonyl (C=O) groups excluding carboxylic acids is 2. The van der Waals surface area contributed by atoms with Crippen LogP contribution in [0, 0.1) is 0 Å². The van der Waals surface area contributed by atoms with Crippen molar-refractivity contribution in [3.63, 3.8) is 0 Å². The molecule has 1 fully saturated rings. The minimum atomic E-state index is -0.157. The second kappa shape index (κ2) is 7.24. The number of carbonyl (C=O) groups is 2. The summed E-state index contributed by atoms with van der Waals surface area (Å²) in [5.41, 5.74) is 0. The number of amides is 2. The fraction of sp³-hybridized carbons (Fsp3) is 0.818. The Hall–Kier alpha value is -1.14. The molecule has 17 heavy (non-hydrogen) atoms. The van der Waals surface area contributed by atoms with Gasteiger partial charge in [-0.3, -0.25) is 9.59 Å². The quantitative estimate of drug-likeness (QED) is 0.585. The Bertz CT molecular complexity index is 265. The standard InChI is InChI=1S/C11H21N3O3/c1-14(8-10(15)13-6-7-17-2)11(16)9-4-3-5-12-9/h9,12H,3-8H2,1-2H3,(H,13,15)/t9-/m1/s1. The molecule has 0 saturated carbocycles. The van der Waals surface area contributed by atoms with Gasteiger partial charge in [0.05, 0.1) is 19.2 Å². The highest BCUT2D eigenvalue weighted by molar-refractivity contribution is 5.87. The van der Waals surface area contributed by atoms with E-state index >= 15 is 0 Å². The molecule has 1 aliphatic rings. The van der Waals surface area contributed by atoms with Crippen LogP contribution in [0.1, 0.15) is 12.8 Å². The molecule has 0 unspecified atom stereocenters. The fourth-order valence-electron chi connectivity index (χ4n) is 1.80. The number of nitrogens with one attached hydrogen (secondary N) is 2. The lowest BCUT2D eigenvalue weighted by atomic mass is 10.2. The minimum Gasteiger partial charge on any atom is -0.383 e. The van der Waals surface area contributed by atoms with Gasteiger partial charge < -0.3 is 20.3 Å². The Morgan fingerprint density at radius 3 is 2.88 bits per heavy atom. The smallest absolute Gasteiger partial charge is 0.239 e. The zero-order valence-corrected chi connectivity index (χ0v) is 10.5. The van der Waals surface area contributed by atoms with Crippen molar-refractivity contribution in [1.29, 1.82) is 0 Å². The van der Waals surface area contributed by atoms with E-state index in [1.54, 1.807) is 14.2 Å². The van der Waals surface area contributed by atoms with Crippen LogP contribution in [0.2, 0.25) is 0 Å². The maximum absolute atomic E-state index is 11.9. The molecule has 1 atom stereocenters. The topological polar surface area (TPSA) is 70.7 Å². The molecule has 1 heterocycles. The zero-order valence-electron chi connectivity index (χ0n) is 10.5. The van der Waals surface area contributed by atoms with Crippen LogP contribution in [-0.4, -0.2) is 63.2 Å². The molecule has 6 nitrogen and oxygen atoms in total. The molecule has 0 aromatic heterocycles. The number of methoxy groups -OCH3 is 1. The molecule has 1 aliphatic heterocycles. The highest BCUT2D eigenvalue weighted by Gasteiger charge is 2.25. The average molecular weight is 243 g/mol. The van der Waals surface area contributed by atoms with Crippen molar-refractivity contribution in [2.45, 2.75) is 18.9 Å². The van der Waals surface area contributed by atoms with Gasteiger partial charge in [0.2, 0.25) is 11.8 Å². The van der Waals surface area contributed by atoms with E-state index in [0.717, 1.165) is 19.4 Å². The molecule has 0 aliphatic carbocycles. The maximum Gasteiger partial charge on any atom is 0.239 e. The van der Waals surface area contributed by atoms with E-state index in [9.17, 15) is 9.59 Å². The van der Waals surface area contributed by atoms with Crippen molar-refractivity contribution in [2.75, 3.05) is 40.4 Å². The molecule has 98 valence electrons. The number of ether oxygens (including phenoxy) is 1. The van der Waals surface area contributed by atoms with Crippen molar-refractivity contribution >= 4 is 11.8 Å². The van der Waals surface area contributed by atoms with E-state index < -0.39 is 0 Å². The van der Waals surface area contributed by atoms with E-state index in [1.807, 2.05) is 0 Å². The number of hydrogen-bond donors (Lipinski definition) is 2. The van der Waals surface area contributed by atoms with Gasteiger partial charge >= 0.3 is 0 Å². The van der Waals surface area contributed by atoms with Gasteiger partial charge in [-0.2, -0.15) is 0 Å². The van der Waals surface area contributed by atoms with Crippen LogP contribution in [-0.2, 0) is 14.3 Å². The van der Waals surface area contributed by atoms with Gasteiger partial charge in [0.15, 0.2) is 0 Å². The lowest BCUT2D eigenvalue weighted by Gasteiger charge is -2.20. The Labute approximate surface area is 102 Å². The van der Waals surface area contributed by atoms with Crippen molar-refractivity contribution in [1.82, 2.24) is 15.5 Å². The van der Waals surface area contributed by atoms with Gasteiger partial charge in [-0.25, -0.2) is 0 Å². The minimum absolute atomic E-state index is 0.00982. The summed E-state index contributed by atoms with van der Waals surface area (Å²) in [4.78, 5) is 24.8. The average Bonchev–Trinajstić information content (AvgIpc) is 2.81. The van der Waals surface area contributed by atoms with Crippen LogP contribution in [0.4, 0.5) is 0 Å². The first-order valence-corrected chi connectivity index (χ1v) is 5.89. The number of rotatable bonds is 6. The fourth-order valence-corrected chi connectivity index (χ4v) is 1.80. The van der Waals surface area contributed by atoms with E-state index in [4.69, 9.17) is 4.74 Å². The summed E-state index contributed by atoms with van der Waals surface area (Å²) in [6.07, 6.45) is 1.87. The van der Waals surface area contributed by atoms with E-state index in [1.165, 1.54) is 4.90 Å². The third-order valence-electron chi connectivity index (χ3n) is 2.74. The normalized spacial score (nSPS) is 19.1. The first-order valence-electron chi connectivity index (χ1n) is 5.89. The maximum atomic E-state index is 11.9. The van der Waals surface area contributed by atoms with Gasteiger partial charge in [0.25, 0.3) is 0 Å². The van der Waals surface area contributed by atoms with Crippen molar-refractivity contribution in [3.8, 4) is 0 Å². The van der Waals surface area contributed by atoms with Crippen LogP contribution in [0.5, 0.6) is 0 Å². The molecule has 0 aromatic carbocycles. The number of hydrogen-bond acceptors (Lipinski definition) is 4. The summed E-state index contributed by atoms with van der Waals surface area (Å²) >= 11 is 0. The van der Waals surface area contributed by atoms with E-state index in [-0.39, 0.29) is 24.4 Å². The number of nitrogens with zero attached hydrogens (tertiary/aromatic N) is 1. The molecule has 1 rings (SSSR count). The van der Waals surface area contributed by atoms with Crippen molar-refractivity contribution < 1.29 is 14.3 Å². The highest BCUT2D eigenvalue weighted by atomic mass is 16.5. The predicted octanol–water partition coefficient (Wildman–Crippen LogP) is -1.04. The first-order chi connectivity index (χ1) is 8.15. The zero-order chi connectivity index (χ0) is 12.7. The van der Waals surface area contributed by atoms with Crippen LogP contribution >= 0.6 is 0 Å². The first kappa shape index (κ1) is 13.9. The van der Waals surface area contributed by atoms with Gasteiger partial charge in [-0.05, 0) is 19.4 Å². The van der Waals surface area contributed by atoms with Crippen LogP contribution < -0.4 is 10.6 Å².